The van der Waals surface area contributed by atoms with E-state index < -0.39 is 38.5 Å². The number of hydrogen-bond acceptors (Lipinski definition) is 6. The number of sulfonamides is 1. The summed E-state index contributed by atoms with van der Waals surface area (Å²) in [5, 5.41) is 2.71. The van der Waals surface area contributed by atoms with Crippen LogP contribution in [0, 0.1) is 5.92 Å². The smallest absolute Gasteiger partial charge is 0.416 e. The van der Waals surface area contributed by atoms with Gasteiger partial charge in [0.25, 0.3) is 0 Å². The first-order chi connectivity index (χ1) is 16.0. The number of nitrogens with one attached hydrogen (secondary N) is 1. The molecule has 2 aromatic carbocycles. The number of nitrogens with zero attached hydrogens (tertiary/aromatic N) is 1. The lowest BCUT2D eigenvalue weighted by Crippen LogP contribution is -2.41. The predicted molar refractivity (Wildman–Crippen MR) is 114 cm³/mol. The summed E-state index contributed by atoms with van der Waals surface area (Å²) >= 11 is 0. The van der Waals surface area contributed by atoms with Gasteiger partial charge in [-0.25, -0.2) is 8.42 Å². The fourth-order valence-electron chi connectivity index (χ4n) is 3.91. The standard InChI is InChI=1S/C22H21F3N2O6S/c1-13(28)17-10-19-20(33-12-32-19)11-18(17)26-21(29)14-5-7-27(8-6-14)34(30,31)16-4-2-3-15(9-16)22(23,24)25/h2-4,9-11,14H,5-8,12H2,1H3,(H,26,29). The molecular formula is C22H21F3N2O6S. The van der Waals surface area contributed by atoms with Gasteiger partial charge in [0.1, 0.15) is 0 Å². The second kappa shape index (κ2) is 8.91. The van der Waals surface area contributed by atoms with Crippen molar-refractivity contribution in [2.24, 2.45) is 5.92 Å². The number of amides is 1. The van der Waals surface area contributed by atoms with Crippen molar-refractivity contribution >= 4 is 27.4 Å². The maximum absolute atomic E-state index is 13.0. The van der Waals surface area contributed by atoms with Crippen molar-refractivity contribution in [3.8, 4) is 11.5 Å². The number of ketones is 1. The van der Waals surface area contributed by atoms with E-state index in [0.29, 0.717) is 17.6 Å². The van der Waals surface area contributed by atoms with Gasteiger partial charge in [0.05, 0.1) is 16.1 Å². The minimum absolute atomic E-state index is 0.00287. The van der Waals surface area contributed by atoms with Gasteiger partial charge in [0, 0.05) is 30.6 Å². The number of anilines is 1. The van der Waals surface area contributed by atoms with Crippen LogP contribution in [0.2, 0.25) is 0 Å². The Bertz CT molecular complexity index is 1240. The first-order valence-corrected chi connectivity index (χ1v) is 11.8. The first-order valence-electron chi connectivity index (χ1n) is 10.4. The zero-order valence-corrected chi connectivity index (χ0v) is 18.8. The topological polar surface area (TPSA) is 102 Å². The summed E-state index contributed by atoms with van der Waals surface area (Å²) < 4.78 is 76.3. The zero-order chi connectivity index (χ0) is 24.7. The molecule has 8 nitrogen and oxygen atoms in total. The quantitative estimate of drug-likeness (QED) is 0.632. The van der Waals surface area contributed by atoms with E-state index >= 15 is 0 Å². The van der Waals surface area contributed by atoms with Crippen molar-refractivity contribution in [3.63, 3.8) is 0 Å². The Morgan fingerprint density at radius 1 is 1.06 bits per heavy atom. The molecule has 0 bridgehead atoms. The average molecular weight is 498 g/mol. The number of benzene rings is 2. The van der Waals surface area contributed by atoms with Crippen molar-refractivity contribution < 1.29 is 40.7 Å². The van der Waals surface area contributed by atoms with E-state index in [9.17, 15) is 31.2 Å². The Kier molecular flexibility index (Phi) is 6.30. The van der Waals surface area contributed by atoms with Gasteiger partial charge in [0.15, 0.2) is 17.3 Å². The molecule has 1 fully saturated rings. The van der Waals surface area contributed by atoms with E-state index in [1.54, 1.807) is 0 Å². The van der Waals surface area contributed by atoms with E-state index in [0.717, 1.165) is 22.5 Å². The van der Waals surface area contributed by atoms with E-state index in [1.165, 1.54) is 19.1 Å². The number of carbonyl (C=O) groups is 2. The Morgan fingerprint density at radius 2 is 1.71 bits per heavy atom. The summed E-state index contributed by atoms with van der Waals surface area (Å²) in [5.41, 5.74) is -0.532. The molecule has 12 heteroatoms. The Hall–Kier alpha value is -3.12. The van der Waals surface area contributed by atoms with Crippen LogP contribution in [0.15, 0.2) is 41.3 Å². The molecule has 0 aliphatic carbocycles. The molecule has 0 aromatic heterocycles. The summed E-state index contributed by atoms with van der Waals surface area (Å²) in [7, 11) is -4.15. The monoisotopic (exact) mass is 498 g/mol. The molecule has 0 atom stereocenters. The Balaban J connectivity index is 1.44. The summed E-state index contributed by atoms with van der Waals surface area (Å²) in [6.45, 7) is 1.29. The van der Waals surface area contributed by atoms with Gasteiger partial charge < -0.3 is 14.8 Å². The number of rotatable bonds is 5. The second-order valence-corrected chi connectivity index (χ2v) is 9.94. The molecule has 4 rings (SSSR count). The van der Waals surface area contributed by atoms with Gasteiger partial charge in [-0.05, 0) is 44.0 Å². The number of halogens is 3. The van der Waals surface area contributed by atoms with Crippen LogP contribution in [0.25, 0.3) is 0 Å². The van der Waals surface area contributed by atoms with Crippen molar-refractivity contribution in [1.82, 2.24) is 4.31 Å². The lowest BCUT2D eigenvalue weighted by molar-refractivity contribution is -0.137. The molecule has 0 radical (unpaired) electrons. The summed E-state index contributed by atoms with van der Waals surface area (Å²) in [5.74, 6) is -0.426. The summed E-state index contributed by atoms with van der Waals surface area (Å²) in [6, 6.07) is 6.58. The molecule has 182 valence electrons. The van der Waals surface area contributed by atoms with Crippen molar-refractivity contribution in [3.05, 3.63) is 47.5 Å². The first kappa shape index (κ1) is 24.0. The van der Waals surface area contributed by atoms with Gasteiger partial charge >= 0.3 is 6.18 Å². The Morgan fingerprint density at radius 3 is 2.32 bits per heavy atom. The summed E-state index contributed by atoms with van der Waals surface area (Å²) in [6.07, 6.45) is -4.32. The van der Waals surface area contributed by atoms with Gasteiger partial charge in [0.2, 0.25) is 22.7 Å². The number of fused-ring (bicyclic) bond motifs is 1. The summed E-state index contributed by atoms with van der Waals surface area (Å²) in [4.78, 5) is 24.4. The minimum atomic E-state index is -4.66. The highest BCUT2D eigenvalue weighted by atomic mass is 32.2. The van der Waals surface area contributed by atoms with E-state index in [1.807, 2.05) is 0 Å². The molecule has 2 aliphatic rings. The molecule has 2 heterocycles. The highest BCUT2D eigenvalue weighted by Crippen LogP contribution is 2.38. The number of Topliss-reactive ketones (excluding diaryl/α,β-unsaturated/α-hetero) is 1. The fourth-order valence-corrected chi connectivity index (χ4v) is 5.43. The molecule has 2 aromatic rings. The molecule has 2 aliphatic heterocycles. The van der Waals surface area contributed by atoms with Crippen molar-refractivity contribution in [2.75, 3.05) is 25.2 Å². The van der Waals surface area contributed by atoms with Gasteiger partial charge in [-0.15, -0.1) is 0 Å². The Labute approximate surface area is 193 Å². The molecule has 0 saturated carbocycles. The fraction of sp³-hybridized carbons (Fsp3) is 0.364. The maximum atomic E-state index is 13.0. The molecule has 34 heavy (non-hydrogen) atoms. The van der Waals surface area contributed by atoms with Crippen LogP contribution >= 0.6 is 0 Å². The van der Waals surface area contributed by atoms with Crippen LogP contribution in [0.3, 0.4) is 0 Å². The lowest BCUT2D eigenvalue weighted by Gasteiger charge is -2.30. The number of hydrogen-bond donors (Lipinski definition) is 1. The van der Waals surface area contributed by atoms with Crippen LogP contribution < -0.4 is 14.8 Å². The predicted octanol–water partition coefficient (Wildman–Crippen LogP) is 3.68. The molecule has 0 unspecified atom stereocenters. The zero-order valence-electron chi connectivity index (χ0n) is 18.0. The van der Waals surface area contributed by atoms with E-state index in [4.69, 9.17) is 9.47 Å². The van der Waals surface area contributed by atoms with E-state index in [-0.39, 0.29) is 49.8 Å². The number of piperidine rings is 1. The largest absolute Gasteiger partial charge is 0.454 e. The minimum Gasteiger partial charge on any atom is -0.454 e. The molecule has 1 amide bonds. The molecule has 1 saturated heterocycles. The van der Waals surface area contributed by atoms with Crippen LogP contribution in [-0.2, 0) is 21.0 Å². The van der Waals surface area contributed by atoms with Gasteiger partial charge in [-0.1, -0.05) is 6.07 Å². The van der Waals surface area contributed by atoms with E-state index in [2.05, 4.69) is 5.32 Å². The van der Waals surface area contributed by atoms with Crippen LogP contribution in [0.4, 0.5) is 18.9 Å². The third-order valence-electron chi connectivity index (χ3n) is 5.77. The highest BCUT2D eigenvalue weighted by Gasteiger charge is 2.35. The van der Waals surface area contributed by atoms with Crippen LogP contribution in [-0.4, -0.2) is 44.3 Å². The third-order valence-corrected chi connectivity index (χ3v) is 7.67. The van der Waals surface area contributed by atoms with Crippen molar-refractivity contribution in [2.45, 2.75) is 30.8 Å². The molecular weight excluding hydrogens is 477 g/mol. The van der Waals surface area contributed by atoms with Gasteiger partial charge in [-0.3, -0.25) is 9.59 Å². The van der Waals surface area contributed by atoms with Crippen LogP contribution in [0.5, 0.6) is 11.5 Å². The van der Waals surface area contributed by atoms with Crippen molar-refractivity contribution in [1.29, 1.82) is 0 Å². The van der Waals surface area contributed by atoms with Crippen LogP contribution in [0.1, 0.15) is 35.7 Å². The third kappa shape index (κ3) is 4.73. The molecule has 0 spiro atoms. The number of ether oxygens (including phenoxy) is 2. The second-order valence-electron chi connectivity index (χ2n) is 8.00. The highest BCUT2D eigenvalue weighted by molar-refractivity contribution is 7.89. The average Bonchev–Trinajstić information content (AvgIpc) is 3.25. The number of alkyl halides is 3. The maximum Gasteiger partial charge on any atom is 0.416 e. The SMILES string of the molecule is CC(=O)c1cc2c(cc1NC(=O)C1CCN(S(=O)(=O)c3cccc(C(F)(F)F)c3)CC1)OCO2. The normalized spacial score (nSPS) is 16.9. The molecule has 1 N–H and O–H groups in total. The number of carbonyl (C=O) groups excluding carboxylic acids is 2. The lowest BCUT2D eigenvalue weighted by atomic mass is 9.96. The van der Waals surface area contributed by atoms with Gasteiger partial charge in [-0.2, -0.15) is 17.5 Å².